The largest absolute Gasteiger partial charge is 0.433 e. The van der Waals surface area contributed by atoms with Crippen LogP contribution in [0.25, 0.3) is 0 Å². The van der Waals surface area contributed by atoms with Gasteiger partial charge in [0.25, 0.3) is 0 Å². The van der Waals surface area contributed by atoms with Gasteiger partial charge in [0.1, 0.15) is 11.5 Å². The molecule has 0 amide bonds. The Hall–Kier alpha value is -1.30. The Morgan fingerprint density at radius 1 is 1.35 bits per heavy atom. The number of nitrogens with one attached hydrogen (secondary N) is 1. The second kappa shape index (κ2) is 6.43. The average Bonchev–Trinajstić information content (AvgIpc) is 2.45. The summed E-state index contributed by atoms with van der Waals surface area (Å²) in [4.78, 5) is 5.80. The van der Waals surface area contributed by atoms with Crippen molar-refractivity contribution in [2.75, 3.05) is 24.5 Å². The fourth-order valence-electron chi connectivity index (χ4n) is 2.57. The van der Waals surface area contributed by atoms with E-state index in [1.54, 1.807) is 6.07 Å². The van der Waals surface area contributed by atoms with Crippen molar-refractivity contribution in [3.63, 3.8) is 0 Å². The summed E-state index contributed by atoms with van der Waals surface area (Å²) in [5.74, 6) is 0.433. The minimum atomic E-state index is -4.39. The lowest BCUT2D eigenvalue weighted by Crippen LogP contribution is -2.46. The second-order valence-electron chi connectivity index (χ2n) is 5.03. The normalized spacial score (nSPS) is 20.2. The summed E-state index contributed by atoms with van der Waals surface area (Å²) in [7, 11) is 0. The second-order valence-corrected chi connectivity index (χ2v) is 5.03. The van der Waals surface area contributed by atoms with Crippen LogP contribution in [0.3, 0.4) is 0 Å². The van der Waals surface area contributed by atoms with Crippen LogP contribution in [0.1, 0.15) is 31.9 Å². The third-order valence-corrected chi connectivity index (χ3v) is 3.58. The Balaban J connectivity index is 2.19. The molecule has 1 saturated heterocycles. The first-order valence-corrected chi connectivity index (χ1v) is 7.04. The standard InChI is InChI=1S/C14H20F3N3/c1-2-18-10-11-6-3-4-9-20(11)13-8-5-7-12(19-13)14(15,16)17/h5,7-8,11,18H,2-4,6,9-10H2,1H3. The maximum Gasteiger partial charge on any atom is 0.433 e. The number of halogens is 3. The molecule has 112 valence electrons. The molecule has 6 heteroatoms. The summed E-state index contributed by atoms with van der Waals surface area (Å²) in [6.45, 7) is 4.44. The van der Waals surface area contributed by atoms with Gasteiger partial charge in [0.15, 0.2) is 0 Å². The van der Waals surface area contributed by atoms with E-state index in [2.05, 4.69) is 10.3 Å². The summed E-state index contributed by atoms with van der Waals surface area (Å²) in [5, 5.41) is 3.27. The molecule has 20 heavy (non-hydrogen) atoms. The Morgan fingerprint density at radius 3 is 2.85 bits per heavy atom. The van der Waals surface area contributed by atoms with Crippen LogP contribution in [0.15, 0.2) is 18.2 Å². The van der Waals surface area contributed by atoms with Gasteiger partial charge in [-0.25, -0.2) is 4.98 Å². The first-order chi connectivity index (χ1) is 9.52. The van der Waals surface area contributed by atoms with E-state index >= 15 is 0 Å². The minimum Gasteiger partial charge on any atom is -0.352 e. The van der Waals surface area contributed by atoms with Crippen LogP contribution < -0.4 is 10.2 Å². The number of nitrogens with zero attached hydrogens (tertiary/aromatic N) is 2. The van der Waals surface area contributed by atoms with Crippen molar-refractivity contribution in [1.29, 1.82) is 0 Å². The highest BCUT2D eigenvalue weighted by molar-refractivity contribution is 5.41. The van der Waals surface area contributed by atoms with Gasteiger partial charge in [-0.2, -0.15) is 13.2 Å². The lowest BCUT2D eigenvalue weighted by atomic mass is 10.0. The molecule has 1 aliphatic rings. The van der Waals surface area contributed by atoms with Crippen LogP contribution in [-0.2, 0) is 6.18 Å². The van der Waals surface area contributed by atoms with Crippen LogP contribution in [0, 0.1) is 0 Å². The maximum absolute atomic E-state index is 12.7. The van der Waals surface area contributed by atoms with Gasteiger partial charge in [-0.3, -0.25) is 0 Å². The fourth-order valence-corrected chi connectivity index (χ4v) is 2.57. The summed E-state index contributed by atoms with van der Waals surface area (Å²) in [5.41, 5.74) is -0.817. The number of hydrogen-bond acceptors (Lipinski definition) is 3. The lowest BCUT2D eigenvalue weighted by Gasteiger charge is -2.37. The molecule has 0 saturated carbocycles. The lowest BCUT2D eigenvalue weighted by molar-refractivity contribution is -0.141. The van der Waals surface area contributed by atoms with Gasteiger partial charge < -0.3 is 10.2 Å². The van der Waals surface area contributed by atoms with E-state index in [-0.39, 0.29) is 6.04 Å². The first kappa shape index (κ1) is 15.1. The van der Waals surface area contributed by atoms with Crippen LogP contribution in [-0.4, -0.2) is 30.7 Å². The highest BCUT2D eigenvalue weighted by atomic mass is 19.4. The van der Waals surface area contributed by atoms with Crippen molar-refractivity contribution in [2.45, 2.75) is 38.4 Å². The minimum absolute atomic E-state index is 0.222. The van der Waals surface area contributed by atoms with Crippen molar-refractivity contribution in [3.05, 3.63) is 23.9 Å². The number of alkyl halides is 3. The molecule has 1 aromatic rings. The highest BCUT2D eigenvalue weighted by Gasteiger charge is 2.33. The van der Waals surface area contributed by atoms with Gasteiger partial charge in [-0.15, -0.1) is 0 Å². The molecular weight excluding hydrogens is 267 g/mol. The smallest absolute Gasteiger partial charge is 0.352 e. The zero-order valence-corrected chi connectivity index (χ0v) is 11.6. The maximum atomic E-state index is 12.7. The van der Waals surface area contributed by atoms with Gasteiger partial charge in [0.2, 0.25) is 0 Å². The van der Waals surface area contributed by atoms with E-state index in [1.165, 1.54) is 6.07 Å². The van der Waals surface area contributed by atoms with Crippen LogP contribution >= 0.6 is 0 Å². The quantitative estimate of drug-likeness (QED) is 0.922. The summed E-state index contributed by atoms with van der Waals surface area (Å²) in [6, 6.07) is 4.34. The van der Waals surface area contributed by atoms with Gasteiger partial charge in [0, 0.05) is 19.1 Å². The van der Waals surface area contributed by atoms with E-state index in [0.29, 0.717) is 5.82 Å². The first-order valence-electron chi connectivity index (χ1n) is 7.04. The molecule has 2 heterocycles. The summed E-state index contributed by atoms with van der Waals surface area (Å²) < 4.78 is 38.2. The van der Waals surface area contributed by atoms with E-state index < -0.39 is 11.9 Å². The van der Waals surface area contributed by atoms with E-state index in [4.69, 9.17) is 0 Å². The number of pyridine rings is 1. The Morgan fingerprint density at radius 2 is 2.15 bits per heavy atom. The van der Waals surface area contributed by atoms with Crippen LogP contribution in [0.4, 0.5) is 19.0 Å². The highest BCUT2D eigenvalue weighted by Crippen LogP contribution is 2.30. The summed E-state index contributed by atoms with van der Waals surface area (Å²) in [6.07, 6.45) is -1.28. The molecule has 1 unspecified atom stereocenters. The number of hydrogen-bond donors (Lipinski definition) is 1. The number of piperidine rings is 1. The zero-order valence-electron chi connectivity index (χ0n) is 11.6. The third kappa shape index (κ3) is 3.62. The topological polar surface area (TPSA) is 28.2 Å². The molecule has 0 aromatic carbocycles. The molecule has 1 atom stereocenters. The molecule has 0 spiro atoms. The number of likely N-dealkylation sites (N-methyl/N-ethyl adjacent to an activating group) is 1. The molecule has 1 aromatic heterocycles. The molecule has 0 aliphatic carbocycles. The van der Waals surface area contributed by atoms with Crippen molar-refractivity contribution in [1.82, 2.24) is 10.3 Å². The van der Waals surface area contributed by atoms with Crippen LogP contribution in [0.5, 0.6) is 0 Å². The van der Waals surface area contributed by atoms with Crippen molar-refractivity contribution < 1.29 is 13.2 Å². The molecule has 2 rings (SSSR count). The van der Waals surface area contributed by atoms with Gasteiger partial charge in [0.05, 0.1) is 0 Å². The SMILES string of the molecule is CCNCC1CCCCN1c1cccc(C(F)(F)F)n1. The average molecular weight is 287 g/mol. The number of anilines is 1. The molecule has 0 radical (unpaired) electrons. The van der Waals surface area contributed by atoms with Crippen LogP contribution in [0.2, 0.25) is 0 Å². The zero-order chi connectivity index (χ0) is 14.6. The van der Waals surface area contributed by atoms with E-state index in [9.17, 15) is 13.2 Å². The molecule has 0 bridgehead atoms. The molecule has 1 N–H and O–H groups in total. The van der Waals surface area contributed by atoms with Crippen molar-refractivity contribution >= 4 is 5.82 Å². The molecule has 3 nitrogen and oxygen atoms in total. The van der Waals surface area contributed by atoms with Gasteiger partial charge >= 0.3 is 6.18 Å². The number of aromatic nitrogens is 1. The Labute approximate surface area is 117 Å². The monoisotopic (exact) mass is 287 g/mol. The molecular formula is C14H20F3N3. The third-order valence-electron chi connectivity index (χ3n) is 3.58. The molecule has 1 aliphatic heterocycles. The Bertz CT molecular complexity index is 434. The van der Waals surface area contributed by atoms with E-state index in [0.717, 1.165) is 45.0 Å². The number of rotatable bonds is 4. The summed E-state index contributed by atoms with van der Waals surface area (Å²) >= 11 is 0. The van der Waals surface area contributed by atoms with Crippen molar-refractivity contribution in [2.24, 2.45) is 0 Å². The predicted octanol–water partition coefficient (Wildman–Crippen LogP) is 3.07. The van der Waals surface area contributed by atoms with Gasteiger partial charge in [-0.05, 0) is 37.9 Å². The van der Waals surface area contributed by atoms with Gasteiger partial charge in [-0.1, -0.05) is 13.0 Å². The molecule has 1 fully saturated rings. The predicted molar refractivity (Wildman–Crippen MR) is 72.8 cm³/mol. The van der Waals surface area contributed by atoms with Crippen molar-refractivity contribution in [3.8, 4) is 0 Å². The van der Waals surface area contributed by atoms with E-state index in [1.807, 2.05) is 11.8 Å². The fraction of sp³-hybridized carbons (Fsp3) is 0.643. The Kier molecular flexibility index (Phi) is 4.86.